The Morgan fingerprint density at radius 2 is 1.83 bits per heavy atom. The Labute approximate surface area is 121 Å². The number of thiophene rings is 1. The summed E-state index contributed by atoms with van der Waals surface area (Å²) in [7, 11) is 0. The van der Waals surface area contributed by atoms with Gasteiger partial charge in [-0.1, -0.05) is 37.3 Å². The predicted octanol–water partition coefficient (Wildman–Crippen LogP) is 4.44. The van der Waals surface area contributed by atoms with E-state index in [0.717, 1.165) is 10.2 Å². The van der Waals surface area contributed by atoms with Crippen LogP contribution < -0.4 is 0 Å². The lowest BCUT2D eigenvalue weighted by Gasteiger charge is -2.26. The topological polar surface area (TPSA) is 20.2 Å². The SMILES string of the molecule is CCC(O)(Cc1ccccc1)Cc1ccc(Br)s1. The summed E-state index contributed by atoms with van der Waals surface area (Å²) < 4.78 is 1.12. The van der Waals surface area contributed by atoms with Crippen molar-refractivity contribution in [1.82, 2.24) is 0 Å². The van der Waals surface area contributed by atoms with Gasteiger partial charge < -0.3 is 5.11 Å². The Balaban J connectivity index is 2.10. The van der Waals surface area contributed by atoms with Crippen molar-refractivity contribution in [3.63, 3.8) is 0 Å². The van der Waals surface area contributed by atoms with Crippen LogP contribution in [0, 0.1) is 0 Å². The van der Waals surface area contributed by atoms with Gasteiger partial charge in [0.25, 0.3) is 0 Å². The highest BCUT2D eigenvalue weighted by Gasteiger charge is 2.26. The summed E-state index contributed by atoms with van der Waals surface area (Å²) in [6.45, 7) is 2.05. The lowest BCUT2D eigenvalue weighted by atomic mass is 9.88. The summed E-state index contributed by atoms with van der Waals surface area (Å²) in [6.07, 6.45) is 2.19. The van der Waals surface area contributed by atoms with Crippen LogP contribution >= 0.6 is 27.3 Å². The monoisotopic (exact) mass is 324 g/mol. The molecule has 0 radical (unpaired) electrons. The van der Waals surface area contributed by atoms with Gasteiger partial charge >= 0.3 is 0 Å². The Morgan fingerprint density at radius 1 is 1.11 bits per heavy atom. The molecule has 96 valence electrons. The normalized spacial score (nSPS) is 14.4. The van der Waals surface area contributed by atoms with E-state index in [0.29, 0.717) is 12.8 Å². The minimum absolute atomic E-state index is 0.647. The maximum absolute atomic E-state index is 10.7. The Morgan fingerprint density at radius 3 is 2.39 bits per heavy atom. The molecule has 0 spiro atoms. The third-order valence-corrected chi connectivity index (χ3v) is 4.79. The molecule has 0 saturated carbocycles. The molecule has 0 aliphatic carbocycles. The predicted molar refractivity (Wildman–Crippen MR) is 81.1 cm³/mol. The van der Waals surface area contributed by atoms with Crippen molar-refractivity contribution < 1.29 is 5.11 Å². The molecule has 2 rings (SSSR count). The van der Waals surface area contributed by atoms with E-state index in [-0.39, 0.29) is 0 Å². The molecule has 1 nitrogen and oxygen atoms in total. The molecule has 1 aromatic heterocycles. The molecule has 0 aliphatic heterocycles. The van der Waals surface area contributed by atoms with Crippen LogP contribution in [-0.4, -0.2) is 10.7 Å². The molecule has 1 atom stereocenters. The van der Waals surface area contributed by atoms with E-state index in [2.05, 4.69) is 34.1 Å². The van der Waals surface area contributed by atoms with Crippen LogP contribution in [-0.2, 0) is 12.8 Å². The van der Waals surface area contributed by atoms with Gasteiger partial charge in [-0.2, -0.15) is 0 Å². The summed E-state index contributed by atoms with van der Waals surface area (Å²) in [5.41, 5.74) is 0.545. The van der Waals surface area contributed by atoms with Gasteiger partial charge in [-0.15, -0.1) is 11.3 Å². The molecular weight excluding hydrogens is 308 g/mol. The quantitative estimate of drug-likeness (QED) is 0.862. The molecule has 1 unspecified atom stereocenters. The fourth-order valence-corrected chi connectivity index (χ4v) is 3.68. The number of hydrogen-bond acceptors (Lipinski definition) is 2. The molecular formula is C15H17BrOS. The average Bonchev–Trinajstić information content (AvgIpc) is 2.75. The molecule has 0 bridgehead atoms. The van der Waals surface area contributed by atoms with Crippen LogP contribution in [0.3, 0.4) is 0 Å². The van der Waals surface area contributed by atoms with E-state index in [1.165, 1.54) is 10.4 Å². The Kier molecular flexibility index (Phi) is 4.60. The maximum Gasteiger partial charge on any atom is 0.0733 e. The van der Waals surface area contributed by atoms with E-state index in [9.17, 15) is 5.11 Å². The highest BCUT2D eigenvalue weighted by atomic mass is 79.9. The van der Waals surface area contributed by atoms with Crippen molar-refractivity contribution >= 4 is 27.3 Å². The zero-order chi connectivity index (χ0) is 13.0. The average molecular weight is 325 g/mol. The molecule has 2 aromatic rings. The van der Waals surface area contributed by atoms with Crippen molar-refractivity contribution in [2.45, 2.75) is 31.8 Å². The summed E-state index contributed by atoms with van der Waals surface area (Å²) >= 11 is 5.16. The first-order valence-electron chi connectivity index (χ1n) is 6.12. The fraction of sp³-hybridized carbons (Fsp3) is 0.333. The molecule has 1 N–H and O–H groups in total. The molecule has 0 fully saturated rings. The minimum atomic E-state index is -0.647. The second kappa shape index (κ2) is 6.00. The Hall–Kier alpha value is -0.640. The molecule has 0 saturated heterocycles. The van der Waals surface area contributed by atoms with Gasteiger partial charge in [0.2, 0.25) is 0 Å². The minimum Gasteiger partial charge on any atom is -0.389 e. The largest absolute Gasteiger partial charge is 0.389 e. The summed E-state index contributed by atoms with van der Waals surface area (Å²) in [6, 6.07) is 14.3. The smallest absolute Gasteiger partial charge is 0.0733 e. The maximum atomic E-state index is 10.7. The molecule has 0 amide bonds. The van der Waals surface area contributed by atoms with Crippen LogP contribution in [0.2, 0.25) is 0 Å². The van der Waals surface area contributed by atoms with Crippen LogP contribution in [0.15, 0.2) is 46.3 Å². The zero-order valence-electron chi connectivity index (χ0n) is 10.4. The molecule has 3 heteroatoms. The van der Waals surface area contributed by atoms with Crippen molar-refractivity contribution in [2.24, 2.45) is 0 Å². The number of halogens is 1. The van der Waals surface area contributed by atoms with E-state index in [1.807, 2.05) is 31.2 Å². The van der Waals surface area contributed by atoms with Crippen molar-refractivity contribution in [3.8, 4) is 0 Å². The van der Waals surface area contributed by atoms with Gasteiger partial charge in [-0.25, -0.2) is 0 Å². The standard InChI is InChI=1S/C15H17BrOS/c1-2-15(17,10-12-6-4-3-5-7-12)11-13-8-9-14(16)18-13/h3-9,17H,2,10-11H2,1H3. The fourth-order valence-electron chi connectivity index (χ4n) is 2.06. The molecule has 0 aliphatic rings. The first-order valence-corrected chi connectivity index (χ1v) is 7.73. The first kappa shape index (κ1) is 13.8. The van der Waals surface area contributed by atoms with Crippen LogP contribution in [0.1, 0.15) is 23.8 Å². The molecule has 1 heterocycles. The van der Waals surface area contributed by atoms with Crippen molar-refractivity contribution in [3.05, 3.63) is 56.7 Å². The van der Waals surface area contributed by atoms with Gasteiger partial charge in [0, 0.05) is 17.7 Å². The van der Waals surface area contributed by atoms with E-state index in [1.54, 1.807) is 11.3 Å². The third-order valence-electron chi connectivity index (χ3n) is 3.17. The van der Waals surface area contributed by atoms with E-state index in [4.69, 9.17) is 0 Å². The summed E-state index contributed by atoms with van der Waals surface area (Å²) in [4.78, 5) is 1.22. The second-order valence-electron chi connectivity index (χ2n) is 4.62. The second-order valence-corrected chi connectivity index (χ2v) is 7.17. The van der Waals surface area contributed by atoms with E-state index < -0.39 is 5.60 Å². The van der Waals surface area contributed by atoms with Crippen molar-refractivity contribution in [1.29, 1.82) is 0 Å². The number of hydrogen-bond donors (Lipinski definition) is 1. The van der Waals surface area contributed by atoms with Crippen LogP contribution in [0.5, 0.6) is 0 Å². The number of rotatable bonds is 5. The van der Waals surface area contributed by atoms with Crippen molar-refractivity contribution in [2.75, 3.05) is 0 Å². The zero-order valence-corrected chi connectivity index (χ0v) is 12.8. The van der Waals surface area contributed by atoms with Gasteiger partial charge in [0.15, 0.2) is 0 Å². The number of benzene rings is 1. The lowest BCUT2D eigenvalue weighted by molar-refractivity contribution is 0.0376. The van der Waals surface area contributed by atoms with Gasteiger partial charge in [0.05, 0.1) is 9.39 Å². The highest BCUT2D eigenvalue weighted by molar-refractivity contribution is 9.11. The van der Waals surface area contributed by atoms with E-state index >= 15 is 0 Å². The summed E-state index contributed by atoms with van der Waals surface area (Å²) in [5, 5.41) is 10.7. The van der Waals surface area contributed by atoms with Crippen LogP contribution in [0.4, 0.5) is 0 Å². The van der Waals surface area contributed by atoms with Gasteiger partial charge in [-0.05, 0) is 40.0 Å². The Bertz CT molecular complexity index is 494. The number of aliphatic hydroxyl groups is 1. The van der Waals surface area contributed by atoms with Gasteiger partial charge in [0.1, 0.15) is 0 Å². The molecule has 1 aromatic carbocycles. The summed E-state index contributed by atoms with van der Waals surface area (Å²) in [5.74, 6) is 0. The van der Waals surface area contributed by atoms with Crippen LogP contribution in [0.25, 0.3) is 0 Å². The van der Waals surface area contributed by atoms with Gasteiger partial charge in [-0.3, -0.25) is 0 Å². The molecule has 18 heavy (non-hydrogen) atoms. The lowest BCUT2D eigenvalue weighted by Crippen LogP contribution is -2.33. The highest BCUT2D eigenvalue weighted by Crippen LogP contribution is 2.28. The first-order chi connectivity index (χ1) is 8.61. The third kappa shape index (κ3) is 3.67.